The van der Waals surface area contributed by atoms with Crippen LogP contribution in [0.5, 0.6) is 0 Å². The highest BCUT2D eigenvalue weighted by Crippen LogP contribution is 2.35. The zero-order chi connectivity index (χ0) is 17.4. The first kappa shape index (κ1) is 16.1. The summed E-state index contributed by atoms with van der Waals surface area (Å²) in [5, 5.41) is 1.48. The van der Waals surface area contributed by atoms with Crippen molar-refractivity contribution in [1.82, 2.24) is 4.98 Å². The Balaban J connectivity index is 1.93. The minimum Gasteiger partial charge on any atom is -0.462 e. The van der Waals surface area contributed by atoms with E-state index in [4.69, 9.17) is 16.3 Å². The number of pyridine rings is 1. The number of fused-ring (bicyclic) bond motifs is 1. The number of benzene rings is 2. The Morgan fingerprint density at radius 1 is 1.20 bits per heavy atom. The summed E-state index contributed by atoms with van der Waals surface area (Å²) in [6, 6.07) is 15.4. The number of esters is 1. The Bertz CT molecular complexity index is 949. The van der Waals surface area contributed by atoms with E-state index in [1.807, 2.05) is 55.5 Å². The van der Waals surface area contributed by atoms with Crippen LogP contribution in [-0.2, 0) is 4.74 Å². The highest BCUT2D eigenvalue weighted by molar-refractivity contribution is 6.31. The summed E-state index contributed by atoms with van der Waals surface area (Å²) in [5.74, 6) is 0.213. The fourth-order valence-electron chi connectivity index (χ4n) is 3.06. The first-order chi connectivity index (χ1) is 12.1. The summed E-state index contributed by atoms with van der Waals surface area (Å²) >= 11 is 6.22. The van der Waals surface area contributed by atoms with Gasteiger partial charge in [-0.3, -0.25) is 4.98 Å². The highest BCUT2D eigenvalue weighted by atomic mass is 35.5. The zero-order valence-corrected chi connectivity index (χ0v) is 14.7. The van der Waals surface area contributed by atoms with Crippen molar-refractivity contribution in [2.24, 2.45) is 5.92 Å². The summed E-state index contributed by atoms with van der Waals surface area (Å²) in [7, 11) is 0. The molecule has 0 bridgehead atoms. The first-order valence-electron chi connectivity index (χ1n) is 8.46. The Kier molecular flexibility index (Phi) is 4.18. The monoisotopic (exact) mass is 351 g/mol. The van der Waals surface area contributed by atoms with Crippen molar-refractivity contribution < 1.29 is 9.53 Å². The molecular formula is C21H18ClNO2. The summed E-state index contributed by atoms with van der Waals surface area (Å²) in [6.07, 6.45) is 2.28. The lowest BCUT2D eigenvalue weighted by Crippen LogP contribution is -2.12. The van der Waals surface area contributed by atoms with E-state index in [-0.39, 0.29) is 5.97 Å². The summed E-state index contributed by atoms with van der Waals surface area (Å²) in [5.41, 5.74) is 3.82. The largest absolute Gasteiger partial charge is 0.462 e. The maximum Gasteiger partial charge on any atom is 0.340 e. The third-order valence-electron chi connectivity index (χ3n) is 4.54. The van der Waals surface area contributed by atoms with Crippen LogP contribution in [0.15, 0.2) is 48.5 Å². The van der Waals surface area contributed by atoms with Crippen LogP contribution in [0.25, 0.3) is 22.0 Å². The lowest BCUT2D eigenvalue weighted by molar-refractivity contribution is 0.0486. The number of halogens is 1. The van der Waals surface area contributed by atoms with Gasteiger partial charge in [-0.05, 0) is 49.4 Å². The molecule has 0 radical (unpaired) electrons. The molecule has 1 saturated carbocycles. The third kappa shape index (κ3) is 3.24. The van der Waals surface area contributed by atoms with E-state index >= 15 is 0 Å². The number of carbonyl (C=O) groups is 1. The van der Waals surface area contributed by atoms with Crippen molar-refractivity contribution >= 4 is 28.5 Å². The molecule has 0 unspecified atom stereocenters. The van der Waals surface area contributed by atoms with Gasteiger partial charge < -0.3 is 4.74 Å². The fourth-order valence-corrected chi connectivity index (χ4v) is 3.23. The lowest BCUT2D eigenvalue weighted by Gasteiger charge is -2.15. The maximum atomic E-state index is 12.8. The molecule has 0 saturated heterocycles. The third-order valence-corrected chi connectivity index (χ3v) is 4.78. The van der Waals surface area contributed by atoms with Crippen molar-refractivity contribution in [1.29, 1.82) is 0 Å². The van der Waals surface area contributed by atoms with Crippen LogP contribution in [-0.4, -0.2) is 17.6 Å². The Labute approximate surface area is 151 Å². The van der Waals surface area contributed by atoms with E-state index < -0.39 is 0 Å². The van der Waals surface area contributed by atoms with E-state index in [9.17, 15) is 4.79 Å². The van der Waals surface area contributed by atoms with Gasteiger partial charge in [0.25, 0.3) is 0 Å². The van der Waals surface area contributed by atoms with Gasteiger partial charge >= 0.3 is 5.97 Å². The van der Waals surface area contributed by atoms with E-state index in [2.05, 4.69) is 4.98 Å². The highest BCUT2D eigenvalue weighted by Gasteiger charge is 2.26. The number of carbonyl (C=O) groups excluding carboxylic acids is 1. The molecule has 1 aromatic heterocycles. The van der Waals surface area contributed by atoms with Crippen LogP contribution < -0.4 is 0 Å². The fraction of sp³-hybridized carbons (Fsp3) is 0.238. The van der Waals surface area contributed by atoms with Crippen molar-refractivity contribution in [2.75, 3.05) is 6.61 Å². The van der Waals surface area contributed by atoms with Crippen LogP contribution in [0.4, 0.5) is 0 Å². The van der Waals surface area contributed by atoms with Gasteiger partial charge in [0.1, 0.15) is 0 Å². The van der Waals surface area contributed by atoms with E-state index in [1.54, 1.807) is 0 Å². The van der Waals surface area contributed by atoms with Gasteiger partial charge in [0.05, 0.1) is 23.4 Å². The minimum atomic E-state index is -0.308. The van der Waals surface area contributed by atoms with Gasteiger partial charge in [-0.2, -0.15) is 0 Å². The number of hydrogen-bond donors (Lipinski definition) is 0. The predicted molar refractivity (Wildman–Crippen MR) is 99.9 cm³/mol. The SMILES string of the molecule is Cc1nc2ccc(Cl)cc2c(-c2ccccc2)c1C(=O)OCC1CC1. The molecule has 1 aliphatic rings. The molecular weight excluding hydrogens is 334 g/mol. The van der Waals surface area contributed by atoms with E-state index in [1.165, 1.54) is 0 Å². The van der Waals surface area contributed by atoms with Crippen molar-refractivity contribution in [2.45, 2.75) is 19.8 Å². The number of ether oxygens (including phenoxy) is 1. The van der Waals surface area contributed by atoms with E-state index in [0.29, 0.717) is 28.8 Å². The van der Waals surface area contributed by atoms with Crippen LogP contribution >= 0.6 is 11.6 Å². The normalized spacial score (nSPS) is 13.8. The predicted octanol–water partition coefficient (Wildman–Crippen LogP) is 5.43. The zero-order valence-electron chi connectivity index (χ0n) is 14.0. The number of nitrogens with zero attached hydrogens (tertiary/aromatic N) is 1. The van der Waals surface area contributed by atoms with Gasteiger partial charge in [-0.1, -0.05) is 41.9 Å². The molecule has 2 aromatic carbocycles. The molecule has 1 heterocycles. The van der Waals surface area contributed by atoms with Gasteiger partial charge in [0, 0.05) is 16.0 Å². The lowest BCUT2D eigenvalue weighted by atomic mass is 9.94. The molecule has 3 aromatic rings. The Hall–Kier alpha value is -2.39. The average molecular weight is 352 g/mol. The summed E-state index contributed by atoms with van der Waals surface area (Å²) in [4.78, 5) is 17.4. The molecule has 0 atom stereocenters. The molecule has 126 valence electrons. The molecule has 1 aliphatic carbocycles. The minimum absolute atomic E-state index is 0.308. The molecule has 0 amide bonds. The van der Waals surface area contributed by atoms with Crippen molar-refractivity contribution in [3.05, 3.63) is 64.8 Å². The Morgan fingerprint density at radius 3 is 2.68 bits per heavy atom. The average Bonchev–Trinajstić information content (AvgIpc) is 3.44. The van der Waals surface area contributed by atoms with E-state index in [0.717, 1.165) is 34.9 Å². The Morgan fingerprint density at radius 2 is 1.96 bits per heavy atom. The second-order valence-corrected chi connectivity index (χ2v) is 6.95. The molecule has 1 fully saturated rings. The summed E-state index contributed by atoms with van der Waals surface area (Å²) < 4.78 is 5.56. The van der Waals surface area contributed by atoms with Gasteiger partial charge in [-0.15, -0.1) is 0 Å². The standard InChI is InChI=1S/C21H18ClNO2/c1-13-19(21(24)25-12-14-7-8-14)20(15-5-3-2-4-6-15)17-11-16(22)9-10-18(17)23-13/h2-6,9-11,14H,7-8,12H2,1H3. The molecule has 0 N–H and O–H groups in total. The topological polar surface area (TPSA) is 39.2 Å². The molecule has 0 spiro atoms. The second kappa shape index (κ2) is 6.49. The van der Waals surface area contributed by atoms with Gasteiger partial charge in [0.2, 0.25) is 0 Å². The number of hydrogen-bond acceptors (Lipinski definition) is 3. The molecule has 4 heteroatoms. The van der Waals surface area contributed by atoms with Gasteiger partial charge in [0.15, 0.2) is 0 Å². The first-order valence-corrected chi connectivity index (χ1v) is 8.83. The molecule has 0 aliphatic heterocycles. The number of rotatable bonds is 4. The van der Waals surface area contributed by atoms with Gasteiger partial charge in [-0.25, -0.2) is 4.79 Å². The molecule has 3 nitrogen and oxygen atoms in total. The van der Waals surface area contributed by atoms with Crippen LogP contribution in [0.3, 0.4) is 0 Å². The second-order valence-electron chi connectivity index (χ2n) is 6.52. The smallest absolute Gasteiger partial charge is 0.340 e. The van der Waals surface area contributed by atoms with Crippen LogP contribution in [0.1, 0.15) is 28.9 Å². The van der Waals surface area contributed by atoms with Crippen molar-refractivity contribution in [3.8, 4) is 11.1 Å². The quantitative estimate of drug-likeness (QED) is 0.588. The molecule has 25 heavy (non-hydrogen) atoms. The number of aromatic nitrogens is 1. The van der Waals surface area contributed by atoms with Crippen molar-refractivity contribution in [3.63, 3.8) is 0 Å². The van der Waals surface area contributed by atoms with Crippen LogP contribution in [0.2, 0.25) is 5.02 Å². The number of aryl methyl sites for hydroxylation is 1. The van der Waals surface area contributed by atoms with Crippen LogP contribution in [0, 0.1) is 12.8 Å². The maximum absolute atomic E-state index is 12.8. The molecule has 4 rings (SSSR count). The summed E-state index contributed by atoms with van der Waals surface area (Å²) in [6.45, 7) is 2.34.